The van der Waals surface area contributed by atoms with Crippen LogP contribution in [-0.4, -0.2) is 31.8 Å². The molecular weight excluding hydrogens is 436 g/mol. The molecule has 0 saturated carbocycles. The van der Waals surface area contributed by atoms with Gasteiger partial charge < -0.3 is 5.32 Å². The van der Waals surface area contributed by atoms with E-state index < -0.39 is 0 Å². The highest BCUT2D eigenvalue weighted by Gasteiger charge is 2.14. The van der Waals surface area contributed by atoms with E-state index in [0.29, 0.717) is 12.0 Å². The topological polar surface area (TPSA) is 68.5 Å². The number of halogens is 2. The lowest BCUT2D eigenvalue weighted by Gasteiger charge is -2.07. The number of pyridine rings is 1. The molecule has 3 heterocycles. The van der Waals surface area contributed by atoms with E-state index in [1.54, 1.807) is 13.2 Å². The average molecular weight is 456 g/mol. The normalized spacial score (nSPS) is 10.7. The number of rotatable bonds is 2. The van der Waals surface area contributed by atoms with Crippen LogP contribution in [0.25, 0.3) is 11.0 Å². The van der Waals surface area contributed by atoms with Gasteiger partial charge in [-0.1, -0.05) is 0 Å². The molecule has 24 heavy (non-hydrogen) atoms. The smallest absolute Gasteiger partial charge is 0.222 e. The summed E-state index contributed by atoms with van der Waals surface area (Å²) >= 11 is 6.93. The van der Waals surface area contributed by atoms with Crippen LogP contribution >= 0.6 is 31.9 Å². The van der Waals surface area contributed by atoms with Gasteiger partial charge in [-0.15, -0.1) is 0 Å². The van der Waals surface area contributed by atoms with Gasteiger partial charge in [-0.25, -0.2) is 15.0 Å². The molecule has 3 rings (SSSR count). The highest BCUT2D eigenvalue weighted by molar-refractivity contribution is 9.11. The minimum atomic E-state index is 0.334. The fourth-order valence-corrected chi connectivity index (χ4v) is 3.45. The third-order valence-electron chi connectivity index (χ3n) is 3.25. The van der Waals surface area contributed by atoms with Crippen molar-refractivity contribution in [2.24, 2.45) is 0 Å². The Labute approximate surface area is 158 Å². The number of hydrogen-bond acceptors (Lipinski definition) is 5. The van der Waals surface area contributed by atoms with Crippen LogP contribution in [0.15, 0.2) is 27.4 Å². The van der Waals surface area contributed by atoms with Gasteiger partial charge in [0.05, 0.1) is 5.69 Å². The molecule has 1 N–H and O–H groups in total. The van der Waals surface area contributed by atoms with Gasteiger partial charge in [0.25, 0.3) is 0 Å². The number of fused-ring (bicyclic) bond motifs is 1. The van der Waals surface area contributed by atoms with E-state index in [2.05, 4.69) is 71.1 Å². The molecule has 0 aromatic carbocycles. The largest absolute Gasteiger partial charge is 0.357 e. The zero-order chi connectivity index (χ0) is 17.9. The molecule has 3 aromatic heterocycles. The van der Waals surface area contributed by atoms with E-state index in [4.69, 9.17) is 0 Å². The van der Waals surface area contributed by atoms with E-state index in [9.17, 15) is 0 Å². The summed E-state index contributed by atoms with van der Waals surface area (Å²) in [5.74, 6) is 0.676. The van der Waals surface area contributed by atoms with Crippen LogP contribution in [0, 0.1) is 13.8 Å². The van der Waals surface area contributed by atoms with E-state index >= 15 is 0 Å². The Hall–Kier alpha value is -1.54. The summed E-state index contributed by atoms with van der Waals surface area (Å²) in [6.45, 7) is 8.14. The predicted octanol–water partition coefficient (Wildman–Crippen LogP) is 4.67. The van der Waals surface area contributed by atoms with Crippen molar-refractivity contribution in [3.8, 4) is 0 Å². The van der Waals surface area contributed by atoms with Gasteiger partial charge in [0.15, 0.2) is 0 Å². The van der Waals surface area contributed by atoms with Crippen LogP contribution in [-0.2, 0) is 0 Å². The maximum atomic E-state index is 4.49. The summed E-state index contributed by atoms with van der Waals surface area (Å²) in [5.41, 5.74) is 3.95. The van der Waals surface area contributed by atoms with Gasteiger partial charge in [0.1, 0.15) is 15.6 Å². The second kappa shape index (κ2) is 8.02. The fraction of sp³-hybridized carbons (Fsp3) is 0.375. The number of aromatic nitrogens is 5. The summed E-state index contributed by atoms with van der Waals surface area (Å²) in [6, 6.07) is 4.14. The Bertz CT molecular complexity index is 844. The first-order valence-corrected chi connectivity index (χ1v) is 9.10. The molecule has 128 valence electrons. The zero-order valence-corrected chi connectivity index (χ0v) is 17.5. The lowest BCUT2D eigenvalue weighted by Crippen LogP contribution is -2.03. The van der Waals surface area contributed by atoms with Crippen molar-refractivity contribution in [3.63, 3.8) is 0 Å². The molecule has 0 spiro atoms. The molecule has 0 atom stereocenters. The number of hydrogen-bond donors (Lipinski definition) is 1. The number of nitrogens with one attached hydrogen (secondary N) is 1. The highest BCUT2D eigenvalue weighted by Crippen LogP contribution is 2.29. The number of anilines is 1. The molecule has 0 radical (unpaired) electrons. The van der Waals surface area contributed by atoms with Gasteiger partial charge in [-0.3, -0.25) is 4.68 Å². The van der Waals surface area contributed by atoms with Crippen molar-refractivity contribution in [2.45, 2.75) is 33.7 Å². The molecule has 0 aliphatic heterocycles. The Kier molecular flexibility index (Phi) is 6.28. The van der Waals surface area contributed by atoms with Gasteiger partial charge in [-0.05, 0) is 71.7 Å². The van der Waals surface area contributed by atoms with Gasteiger partial charge in [0.2, 0.25) is 5.95 Å². The molecule has 0 fully saturated rings. The second-order valence-electron chi connectivity index (χ2n) is 5.52. The number of nitrogens with zero attached hydrogens (tertiary/aromatic N) is 5. The molecule has 0 amide bonds. The molecule has 0 aliphatic rings. The Morgan fingerprint density at radius 3 is 2.42 bits per heavy atom. The Balaban J connectivity index is 0.000000198. The molecule has 0 bridgehead atoms. The van der Waals surface area contributed by atoms with Crippen molar-refractivity contribution >= 4 is 48.8 Å². The standard InChI is InChI=1S/C10H11Br2N3.C6H9N3/c1-5(2)15-10-7(11)4-8(12)13-9(10)6(3)14-15;1-5-3-4-8-6(7-2)9-5/h4-5H,1-3H3;3-4H,1-2H3,(H,7,8,9). The van der Waals surface area contributed by atoms with Crippen LogP contribution in [0.3, 0.4) is 0 Å². The van der Waals surface area contributed by atoms with Crippen LogP contribution in [0.2, 0.25) is 0 Å². The highest BCUT2D eigenvalue weighted by atomic mass is 79.9. The monoisotopic (exact) mass is 454 g/mol. The van der Waals surface area contributed by atoms with Crippen molar-refractivity contribution < 1.29 is 0 Å². The minimum absolute atomic E-state index is 0.334. The molecule has 6 nitrogen and oxygen atoms in total. The van der Waals surface area contributed by atoms with Crippen LogP contribution in [0.1, 0.15) is 31.3 Å². The first-order valence-electron chi connectivity index (χ1n) is 7.51. The Morgan fingerprint density at radius 1 is 1.17 bits per heavy atom. The quantitative estimate of drug-likeness (QED) is 0.568. The summed E-state index contributed by atoms with van der Waals surface area (Å²) in [5, 5.41) is 7.34. The van der Waals surface area contributed by atoms with E-state index in [0.717, 1.165) is 31.5 Å². The molecule has 0 aliphatic carbocycles. The van der Waals surface area contributed by atoms with Crippen molar-refractivity contribution in [1.29, 1.82) is 0 Å². The van der Waals surface area contributed by atoms with Crippen molar-refractivity contribution in [1.82, 2.24) is 24.7 Å². The first-order chi connectivity index (χ1) is 11.3. The van der Waals surface area contributed by atoms with Gasteiger partial charge in [0, 0.05) is 29.5 Å². The van der Waals surface area contributed by atoms with Crippen LogP contribution < -0.4 is 5.32 Å². The zero-order valence-electron chi connectivity index (χ0n) is 14.3. The molecule has 3 aromatic rings. The first kappa shape index (κ1) is 18.8. The van der Waals surface area contributed by atoms with Crippen LogP contribution in [0.4, 0.5) is 5.95 Å². The fourth-order valence-electron chi connectivity index (χ4n) is 2.15. The van der Waals surface area contributed by atoms with E-state index in [-0.39, 0.29) is 0 Å². The lowest BCUT2D eigenvalue weighted by molar-refractivity contribution is 0.546. The summed E-state index contributed by atoms with van der Waals surface area (Å²) in [6.07, 6.45) is 1.73. The molecular formula is C16H20Br2N6. The summed E-state index contributed by atoms with van der Waals surface area (Å²) in [4.78, 5) is 12.4. The van der Waals surface area contributed by atoms with Crippen molar-refractivity contribution in [3.05, 3.63) is 38.8 Å². The van der Waals surface area contributed by atoms with Gasteiger partial charge in [-0.2, -0.15) is 5.10 Å². The number of aryl methyl sites for hydroxylation is 2. The molecule has 0 saturated heterocycles. The summed E-state index contributed by atoms with van der Waals surface area (Å²) < 4.78 is 3.84. The second-order valence-corrected chi connectivity index (χ2v) is 7.19. The lowest BCUT2D eigenvalue weighted by atomic mass is 10.3. The maximum Gasteiger partial charge on any atom is 0.222 e. The summed E-state index contributed by atoms with van der Waals surface area (Å²) in [7, 11) is 1.80. The average Bonchev–Trinajstić information content (AvgIpc) is 2.85. The van der Waals surface area contributed by atoms with Crippen molar-refractivity contribution in [2.75, 3.05) is 12.4 Å². The third kappa shape index (κ3) is 4.30. The predicted molar refractivity (Wildman–Crippen MR) is 104 cm³/mol. The molecule has 0 unspecified atom stereocenters. The van der Waals surface area contributed by atoms with E-state index in [1.807, 2.05) is 30.7 Å². The minimum Gasteiger partial charge on any atom is -0.357 e. The van der Waals surface area contributed by atoms with Gasteiger partial charge >= 0.3 is 0 Å². The Morgan fingerprint density at radius 2 is 1.88 bits per heavy atom. The van der Waals surface area contributed by atoms with E-state index in [1.165, 1.54) is 0 Å². The molecule has 8 heteroatoms. The third-order valence-corrected chi connectivity index (χ3v) is 4.26. The SMILES string of the molecule is CNc1nccc(C)n1.Cc1nn(C(C)C)c2c(Br)cc(Br)nc12. The van der Waals surface area contributed by atoms with Crippen LogP contribution in [0.5, 0.6) is 0 Å². The maximum absolute atomic E-state index is 4.49.